The van der Waals surface area contributed by atoms with Crippen LogP contribution in [0.4, 0.5) is 4.39 Å². The minimum Gasteiger partial charge on any atom is -0.351 e. The van der Waals surface area contributed by atoms with Gasteiger partial charge >= 0.3 is 0 Å². The lowest BCUT2D eigenvalue weighted by Crippen LogP contribution is -2.38. The second kappa shape index (κ2) is 7.39. The summed E-state index contributed by atoms with van der Waals surface area (Å²) in [6.45, 7) is 4.80. The zero-order valence-corrected chi connectivity index (χ0v) is 14.3. The van der Waals surface area contributed by atoms with Gasteiger partial charge in [0.25, 0.3) is 5.91 Å². The monoisotopic (exact) mass is 393 g/mol. The number of rotatable bonds is 6. The third-order valence-electron chi connectivity index (χ3n) is 3.59. The van der Waals surface area contributed by atoms with E-state index in [9.17, 15) is 9.18 Å². The SMILES string of the molecule is CCC(CC)(CBr)CNC(=O)c1ccc(Br)c(F)c1. The van der Waals surface area contributed by atoms with E-state index >= 15 is 0 Å². The number of halogens is 3. The molecule has 1 aromatic carbocycles. The van der Waals surface area contributed by atoms with Crippen LogP contribution >= 0.6 is 31.9 Å². The molecule has 1 amide bonds. The summed E-state index contributed by atoms with van der Waals surface area (Å²) in [5, 5.41) is 3.72. The van der Waals surface area contributed by atoms with Gasteiger partial charge in [-0.05, 0) is 52.4 Å². The first kappa shape index (κ1) is 16.6. The highest BCUT2D eigenvalue weighted by Crippen LogP contribution is 2.27. The lowest BCUT2D eigenvalue weighted by atomic mass is 9.84. The first-order valence-electron chi connectivity index (χ1n) is 6.27. The predicted molar refractivity (Wildman–Crippen MR) is 83.2 cm³/mol. The summed E-state index contributed by atoms with van der Waals surface area (Å²) in [7, 11) is 0. The third-order valence-corrected chi connectivity index (χ3v) is 5.42. The molecule has 0 saturated heterocycles. The lowest BCUT2D eigenvalue weighted by molar-refractivity contribution is 0.0932. The topological polar surface area (TPSA) is 29.1 Å². The number of alkyl halides is 1. The molecule has 2 nitrogen and oxygen atoms in total. The molecule has 0 aliphatic heterocycles. The largest absolute Gasteiger partial charge is 0.351 e. The maximum Gasteiger partial charge on any atom is 0.251 e. The first-order valence-corrected chi connectivity index (χ1v) is 8.18. The van der Waals surface area contributed by atoms with E-state index < -0.39 is 5.82 Å². The fourth-order valence-corrected chi connectivity index (χ4v) is 2.98. The Morgan fingerprint density at radius 3 is 2.47 bits per heavy atom. The average molecular weight is 395 g/mol. The number of carbonyl (C=O) groups excluding carboxylic acids is 1. The molecule has 0 aliphatic carbocycles. The molecule has 1 rings (SSSR count). The normalized spacial score (nSPS) is 11.4. The van der Waals surface area contributed by atoms with Crippen LogP contribution in [-0.4, -0.2) is 17.8 Å². The molecular weight excluding hydrogens is 377 g/mol. The standard InChI is InChI=1S/C14H18Br2FNO/c1-3-14(4-2,8-15)9-18-13(19)10-5-6-11(16)12(17)7-10/h5-7H,3-4,8-9H2,1-2H3,(H,18,19). The van der Waals surface area contributed by atoms with E-state index in [2.05, 4.69) is 51.0 Å². The Morgan fingerprint density at radius 1 is 1.37 bits per heavy atom. The van der Waals surface area contributed by atoms with Crippen molar-refractivity contribution in [3.63, 3.8) is 0 Å². The molecule has 0 radical (unpaired) electrons. The summed E-state index contributed by atoms with van der Waals surface area (Å²) < 4.78 is 13.7. The van der Waals surface area contributed by atoms with Crippen LogP contribution in [0.5, 0.6) is 0 Å². The van der Waals surface area contributed by atoms with Crippen LogP contribution in [0.25, 0.3) is 0 Å². The lowest BCUT2D eigenvalue weighted by Gasteiger charge is -2.29. The van der Waals surface area contributed by atoms with Crippen molar-refractivity contribution in [3.05, 3.63) is 34.1 Å². The summed E-state index contributed by atoms with van der Waals surface area (Å²) in [5.41, 5.74) is 0.403. The van der Waals surface area contributed by atoms with Gasteiger partial charge in [-0.25, -0.2) is 4.39 Å². The Hall–Kier alpha value is -0.420. The number of carbonyl (C=O) groups is 1. The summed E-state index contributed by atoms with van der Waals surface area (Å²) in [6, 6.07) is 4.39. The molecule has 0 bridgehead atoms. The summed E-state index contributed by atoms with van der Waals surface area (Å²) >= 11 is 6.57. The Balaban J connectivity index is 2.72. The van der Waals surface area contributed by atoms with Crippen molar-refractivity contribution >= 4 is 37.8 Å². The van der Waals surface area contributed by atoms with E-state index in [0.29, 0.717) is 16.6 Å². The van der Waals surface area contributed by atoms with Crippen molar-refractivity contribution in [1.82, 2.24) is 5.32 Å². The van der Waals surface area contributed by atoms with Gasteiger partial charge in [-0.3, -0.25) is 4.79 Å². The molecule has 1 N–H and O–H groups in total. The zero-order valence-electron chi connectivity index (χ0n) is 11.1. The van der Waals surface area contributed by atoms with Crippen LogP contribution in [0.15, 0.2) is 22.7 Å². The zero-order chi connectivity index (χ0) is 14.5. The van der Waals surface area contributed by atoms with Crippen LogP contribution in [0.2, 0.25) is 0 Å². The van der Waals surface area contributed by atoms with E-state index in [4.69, 9.17) is 0 Å². The van der Waals surface area contributed by atoms with E-state index in [1.54, 1.807) is 12.1 Å². The van der Waals surface area contributed by atoms with Gasteiger partial charge in [-0.2, -0.15) is 0 Å². The summed E-state index contributed by atoms with van der Waals surface area (Å²) in [4.78, 5) is 12.0. The molecule has 0 aromatic heterocycles. The number of nitrogens with one attached hydrogen (secondary N) is 1. The van der Waals surface area contributed by atoms with Crippen LogP contribution in [0.3, 0.4) is 0 Å². The highest BCUT2D eigenvalue weighted by molar-refractivity contribution is 9.10. The van der Waals surface area contributed by atoms with Crippen molar-refractivity contribution in [2.24, 2.45) is 5.41 Å². The van der Waals surface area contributed by atoms with E-state index in [1.165, 1.54) is 6.07 Å². The molecule has 0 atom stereocenters. The van der Waals surface area contributed by atoms with Gasteiger partial charge in [-0.15, -0.1) is 0 Å². The number of benzene rings is 1. The van der Waals surface area contributed by atoms with Crippen molar-refractivity contribution in [2.75, 3.05) is 11.9 Å². The van der Waals surface area contributed by atoms with Crippen LogP contribution in [0, 0.1) is 11.2 Å². The van der Waals surface area contributed by atoms with Gasteiger partial charge in [0.2, 0.25) is 0 Å². The van der Waals surface area contributed by atoms with Gasteiger partial charge in [0.1, 0.15) is 5.82 Å². The van der Waals surface area contributed by atoms with Gasteiger partial charge < -0.3 is 5.32 Å². The molecule has 0 heterocycles. The van der Waals surface area contributed by atoms with Crippen molar-refractivity contribution in [2.45, 2.75) is 26.7 Å². The average Bonchev–Trinajstić information content (AvgIpc) is 2.43. The molecule has 5 heteroatoms. The molecule has 0 aliphatic rings. The molecule has 0 unspecified atom stereocenters. The van der Waals surface area contributed by atoms with E-state index in [-0.39, 0.29) is 11.3 Å². The summed E-state index contributed by atoms with van der Waals surface area (Å²) in [5.74, 6) is -0.663. The maximum absolute atomic E-state index is 13.4. The van der Waals surface area contributed by atoms with Crippen LogP contribution in [0.1, 0.15) is 37.0 Å². The highest BCUT2D eigenvalue weighted by atomic mass is 79.9. The van der Waals surface area contributed by atoms with Crippen molar-refractivity contribution in [3.8, 4) is 0 Å². The van der Waals surface area contributed by atoms with Crippen LogP contribution in [-0.2, 0) is 0 Å². The minimum atomic E-state index is -0.426. The quantitative estimate of drug-likeness (QED) is 0.706. The van der Waals surface area contributed by atoms with E-state index in [0.717, 1.165) is 18.2 Å². The van der Waals surface area contributed by atoms with Crippen LogP contribution < -0.4 is 5.32 Å². The van der Waals surface area contributed by atoms with Gasteiger partial charge in [0.05, 0.1) is 4.47 Å². The third kappa shape index (κ3) is 4.28. The van der Waals surface area contributed by atoms with Crippen molar-refractivity contribution in [1.29, 1.82) is 0 Å². The smallest absolute Gasteiger partial charge is 0.251 e. The molecule has 0 fully saturated rings. The summed E-state index contributed by atoms with van der Waals surface area (Å²) in [6.07, 6.45) is 1.95. The second-order valence-corrected chi connectivity index (χ2v) is 6.07. The number of hydrogen-bond donors (Lipinski definition) is 1. The Kier molecular flexibility index (Phi) is 6.47. The van der Waals surface area contributed by atoms with Crippen molar-refractivity contribution < 1.29 is 9.18 Å². The Bertz CT molecular complexity index is 439. The first-order chi connectivity index (χ1) is 8.98. The number of amides is 1. The molecule has 19 heavy (non-hydrogen) atoms. The Labute approximate surface area is 130 Å². The molecule has 106 valence electrons. The van der Waals surface area contributed by atoms with Gasteiger partial charge in [0.15, 0.2) is 0 Å². The highest BCUT2D eigenvalue weighted by Gasteiger charge is 2.25. The Morgan fingerprint density at radius 2 is 2.00 bits per heavy atom. The molecule has 1 aromatic rings. The second-order valence-electron chi connectivity index (χ2n) is 4.65. The predicted octanol–water partition coefficient (Wildman–Crippen LogP) is 4.52. The number of hydrogen-bond acceptors (Lipinski definition) is 1. The van der Waals surface area contributed by atoms with Gasteiger partial charge in [-0.1, -0.05) is 29.8 Å². The fourth-order valence-electron chi connectivity index (χ4n) is 1.74. The molecule has 0 saturated carbocycles. The van der Waals surface area contributed by atoms with E-state index in [1.807, 2.05) is 0 Å². The maximum atomic E-state index is 13.4. The molecular formula is C14H18Br2FNO. The molecule has 0 spiro atoms. The minimum absolute atomic E-state index is 0.0591. The van der Waals surface area contributed by atoms with Gasteiger partial charge in [0, 0.05) is 17.4 Å². The fraction of sp³-hybridized carbons (Fsp3) is 0.500.